The van der Waals surface area contributed by atoms with Gasteiger partial charge in [-0.3, -0.25) is 4.79 Å². The van der Waals surface area contributed by atoms with Crippen LogP contribution in [-0.2, 0) is 0 Å². The van der Waals surface area contributed by atoms with E-state index < -0.39 is 0 Å². The summed E-state index contributed by atoms with van der Waals surface area (Å²) in [5.74, 6) is 0.174. The Labute approximate surface area is 97.2 Å². The molecule has 0 atom stereocenters. The first-order chi connectivity index (χ1) is 8.26. The number of methoxy groups -OCH3 is 2. The van der Waals surface area contributed by atoms with E-state index in [0.29, 0.717) is 0 Å². The summed E-state index contributed by atoms with van der Waals surface area (Å²) in [6.07, 6.45) is 2.76. The highest BCUT2D eigenvalue weighted by Gasteiger charge is 2.20. The second-order valence-electron chi connectivity index (χ2n) is 3.08. The van der Waals surface area contributed by atoms with Crippen molar-refractivity contribution in [3.63, 3.8) is 0 Å². The van der Waals surface area contributed by atoms with Gasteiger partial charge in [0, 0.05) is 0 Å². The number of ketones is 1. The van der Waals surface area contributed by atoms with Crippen LogP contribution in [0.3, 0.4) is 0 Å². The topological polar surface area (TPSA) is 74.5 Å². The Hall–Kier alpha value is -2.37. The smallest absolute Gasteiger partial charge is 0.252 e. The first-order valence-corrected chi connectivity index (χ1v) is 4.79. The summed E-state index contributed by atoms with van der Waals surface area (Å²) in [6, 6.07) is 3.17. The van der Waals surface area contributed by atoms with E-state index in [2.05, 4.69) is 9.97 Å². The molecule has 2 heterocycles. The van der Waals surface area contributed by atoms with Crippen molar-refractivity contribution >= 4 is 5.78 Å². The van der Waals surface area contributed by atoms with Crippen molar-refractivity contribution in [2.45, 2.75) is 0 Å². The fourth-order valence-electron chi connectivity index (χ4n) is 1.28. The molecule has 0 saturated carbocycles. The monoisotopic (exact) mass is 234 g/mol. The molecule has 2 rings (SSSR count). The van der Waals surface area contributed by atoms with Crippen LogP contribution in [0.5, 0.6) is 11.8 Å². The van der Waals surface area contributed by atoms with Gasteiger partial charge in [0.05, 0.1) is 26.7 Å². The van der Waals surface area contributed by atoms with E-state index in [9.17, 15) is 4.79 Å². The molecule has 0 N–H and O–H groups in total. The van der Waals surface area contributed by atoms with Crippen molar-refractivity contribution in [2.75, 3.05) is 14.2 Å². The number of furan rings is 1. The second-order valence-corrected chi connectivity index (χ2v) is 3.08. The lowest BCUT2D eigenvalue weighted by molar-refractivity contribution is 0.1000. The summed E-state index contributed by atoms with van der Waals surface area (Å²) in [5, 5.41) is 0. The van der Waals surface area contributed by atoms with Gasteiger partial charge in [0.25, 0.3) is 5.78 Å². The van der Waals surface area contributed by atoms with E-state index in [-0.39, 0.29) is 29.0 Å². The average Bonchev–Trinajstić information content (AvgIpc) is 2.91. The average molecular weight is 234 g/mol. The van der Waals surface area contributed by atoms with Gasteiger partial charge in [0.1, 0.15) is 0 Å². The Balaban J connectivity index is 2.41. The number of rotatable bonds is 4. The molecular weight excluding hydrogens is 224 g/mol. The second kappa shape index (κ2) is 4.65. The molecule has 0 bridgehead atoms. The van der Waals surface area contributed by atoms with E-state index in [0.717, 1.165) is 0 Å². The minimum absolute atomic E-state index is 0.0863. The van der Waals surface area contributed by atoms with Crippen molar-refractivity contribution in [3.8, 4) is 11.8 Å². The Morgan fingerprint density at radius 2 is 2.18 bits per heavy atom. The zero-order chi connectivity index (χ0) is 12.3. The zero-order valence-electron chi connectivity index (χ0n) is 9.34. The van der Waals surface area contributed by atoms with Gasteiger partial charge in [-0.1, -0.05) is 0 Å². The number of nitrogens with zero attached hydrogens (tertiary/aromatic N) is 2. The van der Waals surface area contributed by atoms with E-state index in [1.54, 1.807) is 12.1 Å². The predicted octanol–water partition coefficient (Wildman–Crippen LogP) is 1.32. The Morgan fingerprint density at radius 3 is 2.76 bits per heavy atom. The number of hydrogen-bond acceptors (Lipinski definition) is 6. The van der Waals surface area contributed by atoms with Crippen LogP contribution in [-0.4, -0.2) is 30.0 Å². The summed E-state index contributed by atoms with van der Waals surface area (Å²) in [7, 11) is 2.86. The SMILES string of the molecule is COc1cnc(C(=O)c2ccco2)c(OC)n1. The van der Waals surface area contributed by atoms with Crippen molar-refractivity contribution in [1.82, 2.24) is 9.97 Å². The van der Waals surface area contributed by atoms with E-state index in [1.165, 1.54) is 26.7 Å². The minimum Gasteiger partial charge on any atom is -0.480 e. The van der Waals surface area contributed by atoms with Gasteiger partial charge < -0.3 is 13.9 Å². The Bertz CT molecular complexity index is 522. The summed E-state index contributed by atoms with van der Waals surface area (Å²) in [5.41, 5.74) is 0.0863. The van der Waals surface area contributed by atoms with Gasteiger partial charge >= 0.3 is 0 Å². The molecule has 2 aromatic heterocycles. The maximum Gasteiger partial charge on any atom is 0.252 e. The third-order valence-corrected chi connectivity index (χ3v) is 2.08. The fourth-order valence-corrected chi connectivity index (χ4v) is 1.28. The van der Waals surface area contributed by atoms with Crippen molar-refractivity contribution in [2.24, 2.45) is 0 Å². The molecule has 0 amide bonds. The normalized spacial score (nSPS) is 10.0. The molecule has 0 aliphatic carbocycles. The molecule has 0 aliphatic heterocycles. The van der Waals surface area contributed by atoms with Crippen LogP contribution in [0.25, 0.3) is 0 Å². The molecule has 0 aromatic carbocycles. The van der Waals surface area contributed by atoms with Crippen LogP contribution in [0.15, 0.2) is 29.0 Å². The number of hydrogen-bond donors (Lipinski definition) is 0. The standard InChI is InChI=1S/C11H10N2O4/c1-15-8-6-12-9(11(13-8)16-2)10(14)7-4-3-5-17-7/h3-6H,1-2H3. The highest BCUT2D eigenvalue weighted by Crippen LogP contribution is 2.20. The highest BCUT2D eigenvalue weighted by molar-refractivity contribution is 6.07. The molecule has 17 heavy (non-hydrogen) atoms. The third-order valence-electron chi connectivity index (χ3n) is 2.08. The largest absolute Gasteiger partial charge is 0.480 e. The van der Waals surface area contributed by atoms with Crippen molar-refractivity contribution in [1.29, 1.82) is 0 Å². The van der Waals surface area contributed by atoms with E-state index >= 15 is 0 Å². The molecule has 6 nitrogen and oxygen atoms in total. The number of carbonyl (C=O) groups excluding carboxylic acids is 1. The molecule has 2 aromatic rings. The van der Waals surface area contributed by atoms with Crippen LogP contribution < -0.4 is 9.47 Å². The fraction of sp³-hybridized carbons (Fsp3) is 0.182. The first-order valence-electron chi connectivity index (χ1n) is 4.79. The predicted molar refractivity (Wildman–Crippen MR) is 57.3 cm³/mol. The Kier molecular flexibility index (Phi) is 3.04. The molecule has 0 fully saturated rings. The van der Waals surface area contributed by atoms with E-state index in [4.69, 9.17) is 13.9 Å². The minimum atomic E-state index is -0.387. The summed E-state index contributed by atoms with van der Waals surface area (Å²) in [6.45, 7) is 0. The quantitative estimate of drug-likeness (QED) is 0.742. The maximum atomic E-state index is 12.0. The molecule has 0 saturated heterocycles. The van der Waals surface area contributed by atoms with Crippen molar-refractivity contribution < 1.29 is 18.7 Å². The van der Waals surface area contributed by atoms with Gasteiger partial charge in [0.15, 0.2) is 11.5 Å². The van der Waals surface area contributed by atoms with Crippen LogP contribution in [0.4, 0.5) is 0 Å². The third kappa shape index (κ3) is 2.10. The molecule has 6 heteroatoms. The molecule has 0 aliphatic rings. The molecule has 0 radical (unpaired) electrons. The van der Waals surface area contributed by atoms with Gasteiger partial charge in [-0.2, -0.15) is 4.98 Å². The van der Waals surface area contributed by atoms with Gasteiger partial charge in [0.2, 0.25) is 11.8 Å². The highest BCUT2D eigenvalue weighted by atomic mass is 16.5. The lowest BCUT2D eigenvalue weighted by Gasteiger charge is -2.05. The summed E-state index contributed by atoms with van der Waals surface area (Å²) in [4.78, 5) is 19.9. The van der Waals surface area contributed by atoms with Crippen molar-refractivity contribution in [3.05, 3.63) is 36.0 Å². The maximum absolute atomic E-state index is 12.0. The zero-order valence-corrected chi connectivity index (χ0v) is 9.34. The first kappa shape index (κ1) is 11.1. The number of carbonyl (C=O) groups is 1. The van der Waals surface area contributed by atoms with Gasteiger partial charge in [-0.25, -0.2) is 4.98 Å². The van der Waals surface area contributed by atoms with Crippen LogP contribution >= 0.6 is 0 Å². The summed E-state index contributed by atoms with van der Waals surface area (Å²) >= 11 is 0. The molecule has 88 valence electrons. The molecule has 0 unspecified atom stereocenters. The lowest BCUT2D eigenvalue weighted by Crippen LogP contribution is -2.08. The van der Waals surface area contributed by atoms with Crippen LogP contribution in [0, 0.1) is 0 Å². The molecule has 0 spiro atoms. The van der Waals surface area contributed by atoms with Crippen LogP contribution in [0.2, 0.25) is 0 Å². The van der Waals surface area contributed by atoms with Crippen LogP contribution in [0.1, 0.15) is 16.2 Å². The number of aromatic nitrogens is 2. The van der Waals surface area contributed by atoms with E-state index in [1.807, 2.05) is 0 Å². The number of ether oxygens (including phenoxy) is 2. The van der Waals surface area contributed by atoms with Gasteiger partial charge in [-0.05, 0) is 12.1 Å². The summed E-state index contributed by atoms with van der Waals surface area (Å²) < 4.78 is 14.9. The van der Waals surface area contributed by atoms with Gasteiger partial charge in [-0.15, -0.1) is 0 Å². The Morgan fingerprint density at radius 1 is 1.35 bits per heavy atom. The lowest BCUT2D eigenvalue weighted by atomic mass is 10.2. The molecular formula is C11H10N2O4.